The highest BCUT2D eigenvalue weighted by molar-refractivity contribution is 5.80. The minimum absolute atomic E-state index is 0.0438. The minimum Gasteiger partial charge on any atom is -0.481 e. The monoisotopic (exact) mass is 214 g/mol. The summed E-state index contributed by atoms with van der Waals surface area (Å²) in [5.41, 5.74) is 0. The summed E-state index contributed by atoms with van der Waals surface area (Å²) in [6.07, 6.45) is 3.94. The van der Waals surface area contributed by atoms with Crippen LogP contribution in [0.15, 0.2) is 0 Å². The van der Waals surface area contributed by atoms with E-state index in [-0.39, 0.29) is 5.92 Å². The molecule has 0 radical (unpaired) electrons. The molecular weight excluding hydrogens is 196 g/mol. The van der Waals surface area contributed by atoms with Gasteiger partial charge >= 0.3 is 11.9 Å². The number of carboxylic acid groups (broad SMARTS) is 2. The van der Waals surface area contributed by atoms with E-state index >= 15 is 0 Å². The lowest BCUT2D eigenvalue weighted by atomic mass is 9.70. The maximum atomic E-state index is 11.1. The van der Waals surface area contributed by atoms with Gasteiger partial charge in [0.25, 0.3) is 0 Å². The highest BCUT2D eigenvalue weighted by Gasteiger charge is 2.41. The van der Waals surface area contributed by atoms with Gasteiger partial charge in [-0.15, -0.1) is 0 Å². The number of hydrogen-bond acceptors (Lipinski definition) is 2. The van der Waals surface area contributed by atoms with Gasteiger partial charge in [-0.2, -0.15) is 0 Å². The molecule has 1 fully saturated rings. The van der Waals surface area contributed by atoms with Crippen LogP contribution in [0.5, 0.6) is 0 Å². The Balaban J connectivity index is 2.80. The Kier molecular flexibility index (Phi) is 4.12. The van der Waals surface area contributed by atoms with Crippen molar-refractivity contribution in [3.8, 4) is 0 Å². The van der Waals surface area contributed by atoms with Gasteiger partial charge in [0.15, 0.2) is 0 Å². The molecule has 86 valence electrons. The molecule has 4 heteroatoms. The van der Waals surface area contributed by atoms with Crippen LogP contribution in [-0.4, -0.2) is 22.2 Å². The average Bonchev–Trinajstić information content (AvgIpc) is 2.17. The number of carboxylic acids is 2. The Morgan fingerprint density at radius 2 is 1.87 bits per heavy atom. The van der Waals surface area contributed by atoms with Crippen LogP contribution < -0.4 is 0 Å². The highest BCUT2D eigenvalue weighted by atomic mass is 16.4. The molecule has 3 atom stereocenters. The van der Waals surface area contributed by atoms with E-state index in [4.69, 9.17) is 10.2 Å². The Morgan fingerprint density at radius 3 is 2.33 bits per heavy atom. The SMILES string of the molecule is CCCC1CCCC(C(=O)O)C1C(=O)O. The van der Waals surface area contributed by atoms with Gasteiger partial charge < -0.3 is 10.2 Å². The summed E-state index contributed by atoms with van der Waals surface area (Å²) in [5.74, 6) is -3.23. The number of rotatable bonds is 4. The number of carbonyl (C=O) groups is 2. The van der Waals surface area contributed by atoms with Crippen LogP contribution in [-0.2, 0) is 9.59 Å². The Labute approximate surface area is 89.3 Å². The Bertz CT molecular complexity index is 247. The number of aliphatic carboxylic acids is 2. The molecule has 3 unspecified atom stereocenters. The third-order valence-electron chi connectivity index (χ3n) is 3.29. The fourth-order valence-electron chi connectivity index (χ4n) is 2.63. The molecule has 0 aromatic heterocycles. The van der Waals surface area contributed by atoms with E-state index < -0.39 is 23.8 Å². The Hall–Kier alpha value is -1.06. The second-order valence-corrected chi connectivity index (χ2v) is 4.29. The van der Waals surface area contributed by atoms with E-state index in [0.29, 0.717) is 6.42 Å². The first-order chi connectivity index (χ1) is 7.07. The van der Waals surface area contributed by atoms with Crippen molar-refractivity contribution in [2.45, 2.75) is 39.0 Å². The molecule has 0 spiro atoms. The van der Waals surface area contributed by atoms with E-state index in [1.165, 1.54) is 0 Å². The topological polar surface area (TPSA) is 74.6 Å². The van der Waals surface area contributed by atoms with Gasteiger partial charge in [0.05, 0.1) is 11.8 Å². The quantitative estimate of drug-likeness (QED) is 0.750. The van der Waals surface area contributed by atoms with Crippen LogP contribution in [0, 0.1) is 17.8 Å². The predicted octanol–water partition coefficient (Wildman–Crippen LogP) is 1.99. The molecule has 0 heterocycles. The second-order valence-electron chi connectivity index (χ2n) is 4.29. The van der Waals surface area contributed by atoms with Gasteiger partial charge in [-0.3, -0.25) is 9.59 Å². The molecule has 0 bridgehead atoms. The second kappa shape index (κ2) is 5.14. The zero-order chi connectivity index (χ0) is 11.4. The first kappa shape index (κ1) is 12.0. The number of hydrogen-bond donors (Lipinski definition) is 2. The lowest BCUT2D eigenvalue weighted by Crippen LogP contribution is -2.38. The van der Waals surface area contributed by atoms with Crippen molar-refractivity contribution < 1.29 is 19.8 Å². The van der Waals surface area contributed by atoms with E-state index in [1.54, 1.807) is 0 Å². The van der Waals surface area contributed by atoms with Crippen LogP contribution in [0.3, 0.4) is 0 Å². The van der Waals surface area contributed by atoms with Crippen molar-refractivity contribution in [3.63, 3.8) is 0 Å². The van der Waals surface area contributed by atoms with Gasteiger partial charge in [-0.1, -0.05) is 19.8 Å². The molecule has 0 aromatic rings. The minimum atomic E-state index is -0.955. The summed E-state index contributed by atoms with van der Waals surface area (Å²) in [6, 6.07) is 0. The maximum Gasteiger partial charge on any atom is 0.307 e. The first-order valence-electron chi connectivity index (χ1n) is 5.53. The van der Waals surface area contributed by atoms with Crippen molar-refractivity contribution in [2.75, 3.05) is 0 Å². The lowest BCUT2D eigenvalue weighted by Gasteiger charge is -2.33. The zero-order valence-corrected chi connectivity index (χ0v) is 8.98. The average molecular weight is 214 g/mol. The van der Waals surface area contributed by atoms with Crippen LogP contribution >= 0.6 is 0 Å². The van der Waals surface area contributed by atoms with Gasteiger partial charge in [-0.25, -0.2) is 0 Å². The molecule has 2 N–H and O–H groups in total. The smallest absolute Gasteiger partial charge is 0.307 e. The van der Waals surface area contributed by atoms with E-state index in [0.717, 1.165) is 25.7 Å². The van der Waals surface area contributed by atoms with Gasteiger partial charge in [0.1, 0.15) is 0 Å². The summed E-state index contributed by atoms with van der Waals surface area (Å²) in [5, 5.41) is 18.1. The molecule has 1 aliphatic carbocycles. The van der Waals surface area contributed by atoms with E-state index in [2.05, 4.69) is 0 Å². The van der Waals surface area contributed by atoms with Crippen molar-refractivity contribution in [3.05, 3.63) is 0 Å². The molecule has 0 amide bonds. The van der Waals surface area contributed by atoms with Gasteiger partial charge in [0, 0.05) is 0 Å². The van der Waals surface area contributed by atoms with Gasteiger partial charge in [0.2, 0.25) is 0 Å². The standard InChI is InChI=1S/C11H18O4/c1-2-4-7-5-3-6-8(10(12)13)9(7)11(14)15/h7-9H,2-6H2,1H3,(H,12,13)(H,14,15). The van der Waals surface area contributed by atoms with Crippen LogP contribution in [0.1, 0.15) is 39.0 Å². The molecule has 4 nitrogen and oxygen atoms in total. The molecule has 0 aromatic carbocycles. The molecule has 1 rings (SSSR count). The largest absolute Gasteiger partial charge is 0.481 e. The third kappa shape index (κ3) is 2.70. The summed E-state index contributed by atoms with van der Waals surface area (Å²) >= 11 is 0. The normalized spacial score (nSPS) is 31.1. The molecular formula is C11H18O4. The van der Waals surface area contributed by atoms with Crippen molar-refractivity contribution >= 4 is 11.9 Å². The zero-order valence-electron chi connectivity index (χ0n) is 8.98. The molecule has 1 saturated carbocycles. The van der Waals surface area contributed by atoms with Crippen LogP contribution in [0.2, 0.25) is 0 Å². The first-order valence-corrected chi connectivity index (χ1v) is 5.53. The molecule has 0 aliphatic heterocycles. The molecule has 0 saturated heterocycles. The van der Waals surface area contributed by atoms with E-state index in [1.807, 2.05) is 6.92 Å². The van der Waals surface area contributed by atoms with Crippen LogP contribution in [0.4, 0.5) is 0 Å². The predicted molar refractivity (Wildman–Crippen MR) is 54.5 cm³/mol. The van der Waals surface area contributed by atoms with Gasteiger partial charge in [-0.05, 0) is 25.2 Å². The lowest BCUT2D eigenvalue weighted by molar-refractivity contribution is -0.158. The fraction of sp³-hybridized carbons (Fsp3) is 0.818. The highest BCUT2D eigenvalue weighted by Crippen LogP contribution is 2.37. The Morgan fingerprint density at radius 1 is 1.20 bits per heavy atom. The van der Waals surface area contributed by atoms with Crippen LogP contribution in [0.25, 0.3) is 0 Å². The van der Waals surface area contributed by atoms with Crippen molar-refractivity contribution in [2.24, 2.45) is 17.8 Å². The summed E-state index contributed by atoms with van der Waals surface area (Å²) < 4.78 is 0. The third-order valence-corrected chi connectivity index (χ3v) is 3.29. The maximum absolute atomic E-state index is 11.1. The summed E-state index contributed by atoms with van der Waals surface area (Å²) in [7, 11) is 0. The fourth-order valence-corrected chi connectivity index (χ4v) is 2.63. The van der Waals surface area contributed by atoms with Crippen molar-refractivity contribution in [1.29, 1.82) is 0 Å². The van der Waals surface area contributed by atoms with Crippen molar-refractivity contribution in [1.82, 2.24) is 0 Å². The van der Waals surface area contributed by atoms with E-state index in [9.17, 15) is 9.59 Å². The molecule has 15 heavy (non-hydrogen) atoms. The molecule has 1 aliphatic rings. The summed E-state index contributed by atoms with van der Waals surface area (Å²) in [4.78, 5) is 22.0. The summed E-state index contributed by atoms with van der Waals surface area (Å²) in [6.45, 7) is 2.00.